The van der Waals surface area contributed by atoms with Crippen molar-refractivity contribution in [1.82, 2.24) is 0 Å². The Kier molecular flexibility index (Phi) is 3.66. The van der Waals surface area contributed by atoms with Gasteiger partial charge in [-0.1, -0.05) is 36.8 Å². The molecule has 0 aliphatic heterocycles. The first kappa shape index (κ1) is 11.3. The summed E-state index contributed by atoms with van der Waals surface area (Å²) < 4.78 is 5.36. The second-order valence-electron chi connectivity index (χ2n) is 4.73. The van der Waals surface area contributed by atoms with Crippen LogP contribution in [0.25, 0.3) is 6.08 Å². The van der Waals surface area contributed by atoms with Crippen molar-refractivity contribution in [2.24, 2.45) is 5.92 Å². The van der Waals surface area contributed by atoms with E-state index in [1.54, 1.807) is 12.7 Å². The van der Waals surface area contributed by atoms with Crippen LogP contribution in [0, 0.1) is 5.92 Å². The highest BCUT2D eigenvalue weighted by molar-refractivity contribution is 5.59. The van der Waals surface area contributed by atoms with Crippen molar-refractivity contribution in [2.45, 2.75) is 32.6 Å². The van der Waals surface area contributed by atoms with Gasteiger partial charge in [0.1, 0.15) is 5.75 Å². The van der Waals surface area contributed by atoms with Gasteiger partial charge in [-0.2, -0.15) is 0 Å². The largest absolute Gasteiger partial charge is 0.496 e. The molecule has 1 aromatic rings. The Hall–Kier alpha value is -1.24. The third kappa shape index (κ3) is 2.66. The standard InChI is InChI=1S/C15H20O/c1-12-7-9-13(10-8-12)11-14-5-3-4-6-15(14)16-2/h3-6,11-12H,7-10H2,1-2H3. The van der Waals surface area contributed by atoms with Crippen LogP contribution in [0.5, 0.6) is 5.75 Å². The van der Waals surface area contributed by atoms with E-state index in [4.69, 9.17) is 4.74 Å². The summed E-state index contributed by atoms with van der Waals surface area (Å²) in [6.07, 6.45) is 7.48. The second kappa shape index (κ2) is 5.20. The number of rotatable bonds is 2. The number of hydrogen-bond acceptors (Lipinski definition) is 1. The minimum Gasteiger partial charge on any atom is -0.496 e. The molecule has 0 radical (unpaired) electrons. The highest BCUT2D eigenvalue weighted by Gasteiger charge is 2.12. The van der Waals surface area contributed by atoms with Crippen LogP contribution < -0.4 is 4.74 Å². The SMILES string of the molecule is COc1ccccc1C=C1CCC(C)CC1. The van der Waals surface area contributed by atoms with Gasteiger partial charge in [-0.25, -0.2) is 0 Å². The summed E-state index contributed by atoms with van der Waals surface area (Å²) in [6, 6.07) is 8.24. The van der Waals surface area contributed by atoms with Crippen molar-refractivity contribution in [3.8, 4) is 5.75 Å². The Morgan fingerprint density at radius 3 is 2.56 bits per heavy atom. The lowest BCUT2D eigenvalue weighted by molar-refractivity contribution is 0.413. The quantitative estimate of drug-likeness (QED) is 0.716. The van der Waals surface area contributed by atoms with Crippen LogP contribution in [0.3, 0.4) is 0 Å². The minimum atomic E-state index is 0.898. The van der Waals surface area contributed by atoms with Crippen molar-refractivity contribution in [1.29, 1.82) is 0 Å². The molecule has 0 amide bonds. The molecule has 1 fully saturated rings. The van der Waals surface area contributed by atoms with Gasteiger partial charge in [0, 0.05) is 5.56 Å². The van der Waals surface area contributed by atoms with Gasteiger partial charge in [0.25, 0.3) is 0 Å². The number of benzene rings is 1. The number of allylic oxidation sites excluding steroid dienone is 1. The molecule has 1 heteroatoms. The minimum absolute atomic E-state index is 0.898. The fourth-order valence-electron chi connectivity index (χ4n) is 2.28. The molecule has 0 heterocycles. The number of methoxy groups -OCH3 is 1. The summed E-state index contributed by atoms with van der Waals surface area (Å²) in [4.78, 5) is 0. The van der Waals surface area contributed by atoms with E-state index in [0.29, 0.717) is 0 Å². The maximum absolute atomic E-state index is 5.36. The smallest absolute Gasteiger partial charge is 0.126 e. The second-order valence-corrected chi connectivity index (χ2v) is 4.73. The third-order valence-corrected chi connectivity index (χ3v) is 3.42. The Morgan fingerprint density at radius 2 is 1.88 bits per heavy atom. The normalized spacial score (nSPS) is 20.6. The molecule has 0 spiro atoms. The molecule has 1 nitrogen and oxygen atoms in total. The molecule has 1 aliphatic rings. The van der Waals surface area contributed by atoms with E-state index in [-0.39, 0.29) is 0 Å². The molecule has 0 unspecified atom stereocenters. The fraction of sp³-hybridized carbons (Fsp3) is 0.467. The van der Waals surface area contributed by atoms with Gasteiger partial charge in [-0.05, 0) is 37.7 Å². The first-order valence-electron chi connectivity index (χ1n) is 6.12. The van der Waals surface area contributed by atoms with Crippen LogP contribution in [0.15, 0.2) is 29.8 Å². The molecule has 0 aromatic heterocycles. The maximum Gasteiger partial charge on any atom is 0.126 e. The lowest BCUT2D eigenvalue weighted by Gasteiger charge is -2.20. The van der Waals surface area contributed by atoms with E-state index in [0.717, 1.165) is 11.7 Å². The summed E-state index contributed by atoms with van der Waals surface area (Å²) in [5, 5.41) is 0. The van der Waals surface area contributed by atoms with Crippen LogP contribution in [-0.4, -0.2) is 7.11 Å². The van der Waals surface area contributed by atoms with Gasteiger partial charge >= 0.3 is 0 Å². The van der Waals surface area contributed by atoms with Crippen molar-refractivity contribution < 1.29 is 4.74 Å². The number of para-hydroxylation sites is 1. The molecule has 86 valence electrons. The molecule has 2 rings (SSSR count). The van der Waals surface area contributed by atoms with E-state index in [1.807, 2.05) is 12.1 Å². The highest BCUT2D eigenvalue weighted by Crippen LogP contribution is 2.30. The molecule has 16 heavy (non-hydrogen) atoms. The Morgan fingerprint density at radius 1 is 1.19 bits per heavy atom. The highest BCUT2D eigenvalue weighted by atomic mass is 16.5. The van der Waals surface area contributed by atoms with Crippen LogP contribution in [0.4, 0.5) is 0 Å². The lowest BCUT2D eigenvalue weighted by atomic mass is 9.86. The molecule has 1 saturated carbocycles. The van der Waals surface area contributed by atoms with E-state index in [1.165, 1.54) is 31.2 Å². The van der Waals surface area contributed by atoms with Crippen LogP contribution in [-0.2, 0) is 0 Å². The van der Waals surface area contributed by atoms with Gasteiger partial charge in [0.05, 0.1) is 7.11 Å². The van der Waals surface area contributed by atoms with Gasteiger partial charge in [-0.3, -0.25) is 0 Å². The zero-order chi connectivity index (χ0) is 11.4. The summed E-state index contributed by atoms with van der Waals surface area (Å²) in [7, 11) is 1.74. The molecule has 0 saturated heterocycles. The topological polar surface area (TPSA) is 9.23 Å². The van der Waals surface area contributed by atoms with Crippen molar-refractivity contribution in [3.05, 3.63) is 35.4 Å². The summed E-state index contributed by atoms with van der Waals surface area (Å²) >= 11 is 0. The molecule has 0 bridgehead atoms. The molecule has 1 aliphatic carbocycles. The van der Waals surface area contributed by atoms with Crippen molar-refractivity contribution >= 4 is 6.08 Å². The maximum atomic E-state index is 5.36. The van der Waals surface area contributed by atoms with E-state index < -0.39 is 0 Å². The van der Waals surface area contributed by atoms with Crippen LogP contribution in [0.2, 0.25) is 0 Å². The predicted octanol–water partition coefficient (Wildman–Crippen LogP) is 4.29. The zero-order valence-corrected chi connectivity index (χ0v) is 10.2. The van der Waals surface area contributed by atoms with Gasteiger partial charge in [0.15, 0.2) is 0 Å². The lowest BCUT2D eigenvalue weighted by Crippen LogP contribution is -2.03. The van der Waals surface area contributed by atoms with Crippen molar-refractivity contribution in [3.63, 3.8) is 0 Å². The van der Waals surface area contributed by atoms with Crippen LogP contribution in [0.1, 0.15) is 38.2 Å². The van der Waals surface area contributed by atoms with E-state index in [2.05, 4.69) is 25.1 Å². The van der Waals surface area contributed by atoms with Gasteiger partial charge in [0.2, 0.25) is 0 Å². The fourth-order valence-corrected chi connectivity index (χ4v) is 2.28. The van der Waals surface area contributed by atoms with E-state index in [9.17, 15) is 0 Å². The van der Waals surface area contributed by atoms with Gasteiger partial charge in [-0.15, -0.1) is 0 Å². The zero-order valence-electron chi connectivity index (χ0n) is 10.2. The molecular formula is C15H20O. The summed E-state index contributed by atoms with van der Waals surface area (Å²) in [5.41, 5.74) is 2.79. The number of hydrogen-bond donors (Lipinski definition) is 0. The molecule has 0 atom stereocenters. The number of ether oxygens (including phenoxy) is 1. The third-order valence-electron chi connectivity index (χ3n) is 3.42. The summed E-state index contributed by atoms with van der Waals surface area (Å²) in [5.74, 6) is 1.88. The van der Waals surface area contributed by atoms with E-state index >= 15 is 0 Å². The van der Waals surface area contributed by atoms with Crippen molar-refractivity contribution in [2.75, 3.05) is 7.11 Å². The molecule has 0 N–H and O–H groups in total. The monoisotopic (exact) mass is 216 g/mol. The first-order valence-corrected chi connectivity index (χ1v) is 6.12. The Balaban J connectivity index is 2.16. The predicted molar refractivity (Wildman–Crippen MR) is 68.6 cm³/mol. The van der Waals surface area contributed by atoms with Crippen LogP contribution >= 0.6 is 0 Å². The average molecular weight is 216 g/mol. The first-order chi connectivity index (χ1) is 7.79. The average Bonchev–Trinajstić information content (AvgIpc) is 2.33. The Labute approximate surface area is 98.1 Å². The Bertz CT molecular complexity index is 369. The molecule has 1 aromatic carbocycles. The van der Waals surface area contributed by atoms with Gasteiger partial charge < -0.3 is 4.74 Å². The summed E-state index contributed by atoms with van der Waals surface area (Å²) in [6.45, 7) is 2.35. The molecular weight excluding hydrogens is 196 g/mol.